The number of anilines is 1. The zero-order valence-corrected chi connectivity index (χ0v) is 15.7. The van der Waals surface area contributed by atoms with Gasteiger partial charge in [-0.15, -0.1) is 11.3 Å². The summed E-state index contributed by atoms with van der Waals surface area (Å²) in [5.41, 5.74) is 3.08. The Morgan fingerprint density at radius 2 is 2.19 bits per heavy atom. The second-order valence-corrected chi connectivity index (χ2v) is 7.46. The van der Waals surface area contributed by atoms with Crippen LogP contribution in [0.5, 0.6) is 0 Å². The first-order valence-electron chi connectivity index (χ1n) is 7.60. The highest BCUT2D eigenvalue weighted by Crippen LogP contribution is 2.27. The number of carbonyl (C=O) groups excluding carboxylic acids is 1. The van der Waals surface area contributed by atoms with E-state index in [2.05, 4.69) is 20.4 Å². The minimum atomic E-state index is -0.171. The molecule has 0 saturated heterocycles. The van der Waals surface area contributed by atoms with Gasteiger partial charge >= 0.3 is 0 Å². The Bertz CT molecular complexity index is 1030. The number of benzene rings is 1. The number of nitrogens with zero attached hydrogens (tertiary/aromatic N) is 4. The van der Waals surface area contributed by atoms with E-state index >= 15 is 0 Å². The summed E-state index contributed by atoms with van der Waals surface area (Å²) in [6.07, 6.45) is 3.18. The molecule has 0 spiro atoms. The van der Waals surface area contributed by atoms with Crippen molar-refractivity contribution in [3.05, 3.63) is 63.8 Å². The van der Waals surface area contributed by atoms with Crippen LogP contribution in [0.2, 0.25) is 5.02 Å². The van der Waals surface area contributed by atoms with Gasteiger partial charge in [0, 0.05) is 21.3 Å². The second-order valence-electron chi connectivity index (χ2n) is 5.38. The lowest BCUT2D eigenvalue weighted by Gasteiger charge is -2.11. The molecule has 0 atom stereocenters. The topological polar surface area (TPSA) is 72.7 Å². The molecule has 0 fully saturated rings. The third kappa shape index (κ3) is 3.67. The Balaban J connectivity index is 1.51. The molecule has 0 aliphatic heterocycles. The number of thiophene rings is 1. The zero-order chi connectivity index (χ0) is 17.9. The van der Waals surface area contributed by atoms with E-state index in [4.69, 9.17) is 11.6 Å². The summed E-state index contributed by atoms with van der Waals surface area (Å²) in [5.74, 6) is -0.171. The lowest BCUT2D eigenvalue weighted by Crippen LogP contribution is -2.16. The molecule has 0 bridgehead atoms. The summed E-state index contributed by atoms with van der Waals surface area (Å²) in [6, 6.07) is 7.23. The molecule has 0 aliphatic rings. The van der Waals surface area contributed by atoms with Crippen LogP contribution in [0.15, 0.2) is 53.1 Å². The molecular formula is C17H12ClN5OS2. The van der Waals surface area contributed by atoms with E-state index < -0.39 is 0 Å². The van der Waals surface area contributed by atoms with Gasteiger partial charge in [0.25, 0.3) is 0 Å². The van der Waals surface area contributed by atoms with E-state index in [0.717, 1.165) is 16.3 Å². The Morgan fingerprint density at radius 1 is 1.27 bits per heavy atom. The summed E-state index contributed by atoms with van der Waals surface area (Å²) in [5, 5.41) is 14.4. The van der Waals surface area contributed by atoms with Crippen LogP contribution in [0, 0.1) is 0 Å². The molecule has 3 heterocycles. The fourth-order valence-electron chi connectivity index (χ4n) is 2.41. The molecule has 26 heavy (non-hydrogen) atoms. The van der Waals surface area contributed by atoms with Crippen molar-refractivity contribution in [1.82, 2.24) is 19.7 Å². The third-order valence-corrected chi connectivity index (χ3v) is 5.42. The molecule has 4 aromatic rings. The fourth-order valence-corrected chi connectivity index (χ4v) is 4.11. The van der Waals surface area contributed by atoms with Crippen LogP contribution >= 0.6 is 34.3 Å². The first kappa shape index (κ1) is 16.9. The lowest BCUT2D eigenvalue weighted by atomic mass is 10.2. The largest absolute Gasteiger partial charge is 0.324 e. The van der Waals surface area contributed by atoms with Gasteiger partial charge in [-0.3, -0.25) is 4.79 Å². The van der Waals surface area contributed by atoms with Crippen molar-refractivity contribution in [2.45, 2.75) is 6.42 Å². The normalized spacial score (nSPS) is 10.8. The number of aromatic nitrogens is 4. The standard InChI is InChI=1S/C17H12ClN5OS2/c18-12-1-2-15(23-10-19-9-20-23)14(5-12)22-16(24)6-13-8-26-17(21-13)11-3-4-25-7-11/h1-5,7-10H,6H2,(H,22,24). The number of carbonyl (C=O) groups is 1. The summed E-state index contributed by atoms with van der Waals surface area (Å²) in [4.78, 5) is 20.9. The van der Waals surface area contributed by atoms with Crippen LogP contribution < -0.4 is 5.32 Å². The molecule has 9 heteroatoms. The van der Waals surface area contributed by atoms with Crippen LogP contribution in [-0.4, -0.2) is 25.7 Å². The number of thiazole rings is 1. The van der Waals surface area contributed by atoms with Gasteiger partial charge in [-0.2, -0.15) is 16.4 Å². The van der Waals surface area contributed by atoms with Gasteiger partial charge in [0.2, 0.25) is 5.91 Å². The van der Waals surface area contributed by atoms with Gasteiger partial charge in [0.1, 0.15) is 17.7 Å². The van der Waals surface area contributed by atoms with Gasteiger partial charge in [-0.05, 0) is 29.6 Å². The number of hydrogen-bond donors (Lipinski definition) is 1. The molecule has 1 amide bonds. The number of nitrogens with one attached hydrogen (secondary N) is 1. The highest BCUT2D eigenvalue weighted by molar-refractivity contribution is 7.14. The first-order chi connectivity index (χ1) is 12.7. The molecule has 1 N–H and O–H groups in total. The third-order valence-electron chi connectivity index (χ3n) is 3.56. The van der Waals surface area contributed by atoms with Crippen LogP contribution in [-0.2, 0) is 11.2 Å². The molecule has 0 radical (unpaired) electrons. The Labute approximate surface area is 162 Å². The van der Waals surface area contributed by atoms with Crippen LogP contribution in [0.25, 0.3) is 16.3 Å². The average molecular weight is 402 g/mol. The maximum absolute atomic E-state index is 12.5. The van der Waals surface area contributed by atoms with E-state index in [0.29, 0.717) is 16.4 Å². The maximum atomic E-state index is 12.5. The van der Waals surface area contributed by atoms with Crippen molar-refractivity contribution in [1.29, 1.82) is 0 Å². The average Bonchev–Trinajstić information content (AvgIpc) is 3.37. The highest BCUT2D eigenvalue weighted by atomic mass is 35.5. The smallest absolute Gasteiger partial charge is 0.230 e. The van der Waals surface area contributed by atoms with Crippen molar-refractivity contribution >= 4 is 45.9 Å². The van der Waals surface area contributed by atoms with Gasteiger partial charge < -0.3 is 5.32 Å². The molecule has 0 aliphatic carbocycles. The predicted molar refractivity (Wildman–Crippen MR) is 104 cm³/mol. The maximum Gasteiger partial charge on any atom is 0.230 e. The number of hydrogen-bond acceptors (Lipinski definition) is 6. The molecule has 0 unspecified atom stereocenters. The minimum absolute atomic E-state index is 0.171. The van der Waals surface area contributed by atoms with Crippen LogP contribution in [0.3, 0.4) is 0 Å². The molecular weight excluding hydrogens is 390 g/mol. The number of rotatable bonds is 5. The minimum Gasteiger partial charge on any atom is -0.324 e. The van der Waals surface area contributed by atoms with E-state index in [1.54, 1.807) is 40.5 Å². The quantitative estimate of drug-likeness (QED) is 0.541. The van der Waals surface area contributed by atoms with Gasteiger partial charge in [0.05, 0.1) is 23.5 Å². The van der Waals surface area contributed by atoms with E-state index in [1.807, 2.05) is 22.2 Å². The van der Waals surface area contributed by atoms with Crippen molar-refractivity contribution in [3.63, 3.8) is 0 Å². The van der Waals surface area contributed by atoms with Crippen molar-refractivity contribution in [2.24, 2.45) is 0 Å². The predicted octanol–water partition coefficient (Wildman–Crippen LogP) is 4.29. The lowest BCUT2D eigenvalue weighted by molar-refractivity contribution is -0.115. The molecule has 130 valence electrons. The second kappa shape index (κ2) is 7.36. The molecule has 6 nitrogen and oxygen atoms in total. The molecule has 1 aromatic carbocycles. The van der Waals surface area contributed by atoms with Crippen molar-refractivity contribution in [3.8, 4) is 16.3 Å². The van der Waals surface area contributed by atoms with Gasteiger partial charge in [-0.1, -0.05) is 11.6 Å². The Kier molecular flexibility index (Phi) is 4.79. The van der Waals surface area contributed by atoms with E-state index in [9.17, 15) is 4.79 Å². The van der Waals surface area contributed by atoms with Crippen LogP contribution in [0.4, 0.5) is 5.69 Å². The summed E-state index contributed by atoms with van der Waals surface area (Å²) in [6.45, 7) is 0. The molecule has 3 aromatic heterocycles. The van der Waals surface area contributed by atoms with Crippen molar-refractivity contribution < 1.29 is 4.79 Å². The fraction of sp³-hybridized carbons (Fsp3) is 0.0588. The van der Waals surface area contributed by atoms with Crippen molar-refractivity contribution in [2.75, 3.05) is 5.32 Å². The van der Waals surface area contributed by atoms with Gasteiger partial charge in [0.15, 0.2) is 0 Å². The first-order valence-corrected chi connectivity index (χ1v) is 9.80. The molecule has 0 saturated carbocycles. The van der Waals surface area contributed by atoms with E-state index in [-0.39, 0.29) is 12.3 Å². The Hall–Kier alpha value is -2.55. The van der Waals surface area contributed by atoms with Gasteiger partial charge in [-0.25, -0.2) is 14.6 Å². The monoisotopic (exact) mass is 401 g/mol. The molecule has 4 rings (SSSR count). The SMILES string of the molecule is O=C(Cc1csc(-c2ccsc2)n1)Nc1cc(Cl)ccc1-n1cncn1. The number of halogens is 1. The summed E-state index contributed by atoms with van der Waals surface area (Å²) < 4.78 is 1.57. The zero-order valence-electron chi connectivity index (χ0n) is 13.3. The highest BCUT2D eigenvalue weighted by Gasteiger charge is 2.13. The Morgan fingerprint density at radius 3 is 2.96 bits per heavy atom. The van der Waals surface area contributed by atoms with E-state index in [1.165, 1.54) is 17.7 Å². The van der Waals surface area contributed by atoms with Crippen LogP contribution in [0.1, 0.15) is 5.69 Å². The number of amides is 1. The summed E-state index contributed by atoms with van der Waals surface area (Å²) >= 11 is 9.23. The summed E-state index contributed by atoms with van der Waals surface area (Å²) in [7, 11) is 0.